The molecule has 2 aromatic carbocycles. The van der Waals surface area contributed by atoms with Gasteiger partial charge in [0.05, 0.1) is 10.6 Å². The highest BCUT2D eigenvalue weighted by Crippen LogP contribution is 2.17. The molecule has 0 heterocycles. The third kappa shape index (κ3) is 4.17. The molecule has 0 aliphatic rings. The average Bonchev–Trinajstić information content (AvgIpc) is 2.47. The van der Waals surface area contributed by atoms with Gasteiger partial charge >= 0.3 is 0 Å². The Morgan fingerprint density at radius 3 is 2.62 bits per heavy atom. The molecular weight excluding hydrogens is 284 g/mol. The number of nitrogens with zero attached hydrogens (tertiary/aromatic N) is 1. The van der Waals surface area contributed by atoms with Gasteiger partial charge in [0.1, 0.15) is 0 Å². The number of hydrogen-bond donors (Lipinski definition) is 1. The lowest BCUT2D eigenvalue weighted by Gasteiger charge is -2.06. The molecule has 0 radical (unpaired) electrons. The van der Waals surface area contributed by atoms with Crippen LogP contribution in [0, 0.1) is 6.92 Å². The molecule has 4 heteroatoms. The second kappa shape index (κ2) is 7.04. The summed E-state index contributed by atoms with van der Waals surface area (Å²) >= 11 is 6.05. The summed E-state index contributed by atoms with van der Waals surface area (Å²) in [5, 5.41) is 4.43. The Morgan fingerprint density at radius 1 is 1.24 bits per heavy atom. The van der Waals surface area contributed by atoms with E-state index in [1.54, 1.807) is 18.3 Å². The van der Waals surface area contributed by atoms with Crippen LogP contribution in [0.1, 0.15) is 34.3 Å². The number of aryl methyl sites for hydroxylation is 1. The van der Waals surface area contributed by atoms with Crippen LogP contribution >= 0.6 is 11.6 Å². The van der Waals surface area contributed by atoms with Crippen LogP contribution in [0.3, 0.4) is 0 Å². The Balaban J connectivity index is 1.99. The van der Waals surface area contributed by atoms with Crippen LogP contribution < -0.4 is 5.43 Å². The van der Waals surface area contributed by atoms with Crippen LogP contribution in [-0.4, -0.2) is 12.1 Å². The number of carbonyl (C=O) groups is 1. The predicted octanol–water partition coefficient (Wildman–Crippen LogP) is 4.17. The van der Waals surface area contributed by atoms with Crippen LogP contribution in [-0.2, 0) is 0 Å². The summed E-state index contributed by atoms with van der Waals surface area (Å²) < 4.78 is 0. The van der Waals surface area contributed by atoms with E-state index in [0.717, 1.165) is 11.1 Å². The number of benzene rings is 2. The van der Waals surface area contributed by atoms with Crippen molar-refractivity contribution >= 4 is 23.7 Å². The molecule has 0 aliphatic heterocycles. The first-order chi connectivity index (χ1) is 10.1. The van der Waals surface area contributed by atoms with E-state index in [1.165, 1.54) is 0 Å². The Labute approximate surface area is 129 Å². The molecule has 0 aliphatic carbocycles. The molecule has 2 rings (SSSR count). The number of nitrogens with one attached hydrogen (secondary N) is 1. The first kappa shape index (κ1) is 15.3. The van der Waals surface area contributed by atoms with Crippen LogP contribution in [0.2, 0.25) is 5.02 Å². The van der Waals surface area contributed by atoms with Gasteiger partial charge in [-0.05, 0) is 30.2 Å². The van der Waals surface area contributed by atoms with E-state index >= 15 is 0 Å². The lowest BCUT2D eigenvalue weighted by Crippen LogP contribution is -2.18. The molecule has 21 heavy (non-hydrogen) atoms. The zero-order valence-electron chi connectivity index (χ0n) is 12.0. The molecule has 3 nitrogen and oxygen atoms in total. The van der Waals surface area contributed by atoms with Crippen LogP contribution in [0.5, 0.6) is 0 Å². The number of carbonyl (C=O) groups excluding carboxylic acids is 1. The monoisotopic (exact) mass is 300 g/mol. The lowest BCUT2D eigenvalue weighted by atomic mass is 10.0. The third-order valence-corrected chi connectivity index (χ3v) is 3.47. The number of halogens is 1. The minimum atomic E-state index is -0.309. The molecule has 0 aromatic heterocycles. The smallest absolute Gasteiger partial charge is 0.267 e. The molecule has 0 bridgehead atoms. The fraction of sp³-hybridized carbons (Fsp3) is 0.176. The van der Waals surface area contributed by atoms with Crippen molar-refractivity contribution in [1.29, 1.82) is 0 Å². The van der Waals surface area contributed by atoms with Crippen molar-refractivity contribution in [3.63, 3.8) is 0 Å². The van der Waals surface area contributed by atoms with Gasteiger partial charge in [0, 0.05) is 12.1 Å². The molecule has 0 fully saturated rings. The van der Waals surface area contributed by atoms with E-state index < -0.39 is 0 Å². The molecule has 1 amide bonds. The van der Waals surface area contributed by atoms with Crippen molar-refractivity contribution in [1.82, 2.24) is 5.43 Å². The number of hydrazone groups is 1. The van der Waals surface area contributed by atoms with Crippen LogP contribution in [0.15, 0.2) is 53.6 Å². The van der Waals surface area contributed by atoms with E-state index in [1.807, 2.05) is 50.2 Å². The SMILES string of the molecule is Cc1ccc(C(=O)N/N=C/C(C)c2ccccc2)c(Cl)c1. The van der Waals surface area contributed by atoms with Crippen LogP contribution in [0.4, 0.5) is 0 Å². The average molecular weight is 301 g/mol. The number of rotatable bonds is 4. The molecule has 2 aromatic rings. The second-order valence-electron chi connectivity index (χ2n) is 4.90. The quantitative estimate of drug-likeness (QED) is 0.668. The van der Waals surface area contributed by atoms with Gasteiger partial charge in [-0.3, -0.25) is 4.79 Å². The second-order valence-corrected chi connectivity index (χ2v) is 5.31. The highest BCUT2D eigenvalue weighted by atomic mass is 35.5. The van der Waals surface area contributed by atoms with Crippen molar-refractivity contribution in [2.24, 2.45) is 5.10 Å². The predicted molar refractivity (Wildman–Crippen MR) is 87.0 cm³/mol. The summed E-state index contributed by atoms with van der Waals surface area (Å²) in [5.74, 6) is -0.184. The Hall–Kier alpha value is -2.13. The Morgan fingerprint density at radius 2 is 1.95 bits per heavy atom. The van der Waals surface area contributed by atoms with E-state index in [0.29, 0.717) is 10.6 Å². The fourth-order valence-electron chi connectivity index (χ4n) is 1.91. The summed E-state index contributed by atoms with van der Waals surface area (Å²) in [6, 6.07) is 15.3. The normalized spacial score (nSPS) is 12.3. The summed E-state index contributed by atoms with van der Waals surface area (Å²) in [6.07, 6.45) is 1.70. The van der Waals surface area contributed by atoms with Gasteiger partial charge in [-0.25, -0.2) is 5.43 Å². The topological polar surface area (TPSA) is 41.5 Å². The van der Waals surface area contributed by atoms with E-state index in [2.05, 4.69) is 10.5 Å². The first-order valence-electron chi connectivity index (χ1n) is 6.72. The number of hydrogen-bond acceptors (Lipinski definition) is 2. The van der Waals surface area contributed by atoms with Gasteiger partial charge in [0.15, 0.2) is 0 Å². The largest absolute Gasteiger partial charge is 0.272 e. The molecule has 1 atom stereocenters. The number of amides is 1. The summed E-state index contributed by atoms with van der Waals surface area (Å²) in [6.45, 7) is 3.94. The highest BCUT2D eigenvalue weighted by molar-refractivity contribution is 6.33. The molecule has 0 spiro atoms. The molecule has 0 saturated heterocycles. The zero-order valence-corrected chi connectivity index (χ0v) is 12.8. The molecule has 1 N–H and O–H groups in total. The first-order valence-corrected chi connectivity index (χ1v) is 7.10. The highest BCUT2D eigenvalue weighted by Gasteiger charge is 2.09. The van der Waals surface area contributed by atoms with Gasteiger partial charge < -0.3 is 0 Å². The Kier molecular flexibility index (Phi) is 5.12. The maximum atomic E-state index is 12.0. The third-order valence-electron chi connectivity index (χ3n) is 3.16. The van der Waals surface area contributed by atoms with E-state index in [4.69, 9.17) is 11.6 Å². The maximum Gasteiger partial charge on any atom is 0.272 e. The van der Waals surface area contributed by atoms with Gasteiger partial charge in [-0.1, -0.05) is 54.9 Å². The van der Waals surface area contributed by atoms with E-state index in [9.17, 15) is 4.79 Å². The molecule has 108 valence electrons. The summed E-state index contributed by atoms with van der Waals surface area (Å²) in [5.41, 5.74) is 5.08. The van der Waals surface area contributed by atoms with Gasteiger partial charge in [-0.2, -0.15) is 5.10 Å². The van der Waals surface area contributed by atoms with Gasteiger partial charge in [0.2, 0.25) is 0 Å². The van der Waals surface area contributed by atoms with E-state index in [-0.39, 0.29) is 11.8 Å². The van der Waals surface area contributed by atoms with Crippen molar-refractivity contribution in [3.8, 4) is 0 Å². The molecular formula is C17H17ClN2O. The van der Waals surface area contributed by atoms with Gasteiger partial charge in [0.25, 0.3) is 5.91 Å². The zero-order chi connectivity index (χ0) is 15.2. The minimum absolute atomic E-state index is 0.125. The van der Waals surface area contributed by atoms with Crippen molar-refractivity contribution in [3.05, 3.63) is 70.2 Å². The lowest BCUT2D eigenvalue weighted by molar-refractivity contribution is 0.0955. The summed E-state index contributed by atoms with van der Waals surface area (Å²) in [4.78, 5) is 12.0. The standard InChI is InChI=1S/C17H17ClN2O/c1-12-8-9-15(16(18)10-12)17(21)20-19-11-13(2)14-6-4-3-5-7-14/h3-11,13H,1-2H3,(H,20,21)/b19-11+. The van der Waals surface area contributed by atoms with Crippen molar-refractivity contribution in [2.75, 3.05) is 0 Å². The Bertz CT molecular complexity index is 653. The van der Waals surface area contributed by atoms with Crippen molar-refractivity contribution < 1.29 is 4.79 Å². The molecule has 1 unspecified atom stereocenters. The molecule has 0 saturated carbocycles. The fourth-order valence-corrected chi connectivity index (χ4v) is 2.24. The van der Waals surface area contributed by atoms with Gasteiger partial charge in [-0.15, -0.1) is 0 Å². The minimum Gasteiger partial charge on any atom is -0.267 e. The van der Waals surface area contributed by atoms with Crippen molar-refractivity contribution in [2.45, 2.75) is 19.8 Å². The summed E-state index contributed by atoms with van der Waals surface area (Å²) in [7, 11) is 0. The maximum absolute atomic E-state index is 12.0. The van der Waals surface area contributed by atoms with Crippen LogP contribution in [0.25, 0.3) is 0 Å².